The lowest BCUT2D eigenvalue weighted by Crippen LogP contribution is -2.43. The number of nitrogens with one attached hydrogen (secondary N) is 1. The molecule has 2 rings (SSSR count). The lowest BCUT2D eigenvalue weighted by molar-refractivity contribution is -0.136. The third kappa shape index (κ3) is 3.84. The summed E-state index contributed by atoms with van der Waals surface area (Å²) in [5, 5.41) is 11.8. The van der Waals surface area contributed by atoms with Crippen molar-refractivity contribution >= 4 is 17.6 Å². The van der Waals surface area contributed by atoms with Crippen LogP contribution in [0.25, 0.3) is 0 Å². The second-order valence-corrected chi connectivity index (χ2v) is 6.46. The zero-order chi connectivity index (χ0) is 15.5. The van der Waals surface area contributed by atoms with E-state index in [1.54, 1.807) is 18.2 Å². The maximum Gasteiger partial charge on any atom is 0.307 e. The predicted octanol–water partition coefficient (Wildman–Crippen LogP) is 3.47. The van der Waals surface area contributed by atoms with Crippen molar-refractivity contribution in [2.24, 2.45) is 11.3 Å². The summed E-state index contributed by atoms with van der Waals surface area (Å²) >= 11 is 0. The van der Waals surface area contributed by atoms with Gasteiger partial charge in [0.2, 0.25) is 5.91 Å². The molecule has 1 aromatic carbocycles. The Morgan fingerprint density at radius 1 is 1.33 bits per heavy atom. The van der Waals surface area contributed by atoms with Crippen LogP contribution >= 0.6 is 0 Å². The van der Waals surface area contributed by atoms with Gasteiger partial charge < -0.3 is 10.4 Å². The predicted molar refractivity (Wildman–Crippen MR) is 82.2 cm³/mol. The van der Waals surface area contributed by atoms with Crippen LogP contribution in [-0.4, -0.2) is 17.0 Å². The summed E-state index contributed by atoms with van der Waals surface area (Å²) in [7, 11) is 0. The first-order valence-electron chi connectivity index (χ1n) is 7.53. The largest absolute Gasteiger partial charge is 0.481 e. The Labute approximate surface area is 125 Å². The fourth-order valence-electron chi connectivity index (χ4n) is 3.11. The molecule has 1 fully saturated rings. The average Bonchev–Trinajstić information content (AvgIpc) is 2.33. The molecule has 0 spiro atoms. The Morgan fingerprint density at radius 3 is 2.57 bits per heavy atom. The first kappa shape index (κ1) is 15.5. The molecule has 0 unspecified atom stereocenters. The number of anilines is 1. The Balaban J connectivity index is 2.06. The summed E-state index contributed by atoms with van der Waals surface area (Å²) < 4.78 is 0. The number of aliphatic carboxylic acids is 1. The van der Waals surface area contributed by atoms with Crippen molar-refractivity contribution < 1.29 is 14.7 Å². The molecule has 4 nitrogen and oxygen atoms in total. The second kappa shape index (κ2) is 6.29. The number of hydrogen-bond donors (Lipinski definition) is 2. The molecule has 1 aromatic rings. The van der Waals surface area contributed by atoms with E-state index >= 15 is 0 Å². The molecule has 2 N–H and O–H groups in total. The molecule has 114 valence electrons. The van der Waals surface area contributed by atoms with Crippen LogP contribution in [0.3, 0.4) is 0 Å². The molecule has 0 aliphatic heterocycles. The van der Waals surface area contributed by atoms with Crippen molar-refractivity contribution in [2.45, 2.75) is 46.0 Å². The van der Waals surface area contributed by atoms with E-state index in [4.69, 9.17) is 5.11 Å². The van der Waals surface area contributed by atoms with E-state index in [1.165, 1.54) is 0 Å². The van der Waals surface area contributed by atoms with Crippen LogP contribution in [0.5, 0.6) is 0 Å². The minimum atomic E-state index is -0.867. The zero-order valence-corrected chi connectivity index (χ0v) is 12.7. The van der Waals surface area contributed by atoms with Gasteiger partial charge in [-0.1, -0.05) is 32.4 Å². The Morgan fingerprint density at radius 2 is 2.05 bits per heavy atom. The van der Waals surface area contributed by atoms with Crippen molar-refractivity contribution in [1.82, 2.24) is 0 Å². The highest BCUT2D eigenvalue weighted by Crippen LogP contribution is 2.46. The van der Waals surface area contributed by atoms with Crippen LogP contribution in [0.15, 0.2) is 24.3 Å². The van der Waals surface area contributed by atoms with Gasteiger partial charge in [-0.2, -0.15) is 0 Å². The van der Waals surface area contributed by atoms with E-state index in [0.29, 0.717) is 17.2 Å². The highest BCUT2D eigenvalue weighted by Gasteiger charge is 2.44. The zero-order valence-electron chi connectivity index (χ0n) is 12.7. The number of carboxylic acids is 1. The van der Waals surface area contributed by atoms with Gasteiger partial charge in [-0.3, -0.25) is 9.59 Å². The summed E-state index contributed by atoms with van der Waals surface area (Å²) in [4.78, 5) is 23.3. The Kier molecular flexibility index (Phi) is 4.66. The molecule has 1 aliphatic carbocycles. The highest BCUT2D eigenvalue weighted by molar-refractivity contribution is 5.96. The third-order valence-corrected chi connectivity index (χ3v) is 4.13. The summed E-state index contributed by atoms with van der Waals surface area (Å²) in [5.74, 6) is -0.293. The number of benzene rings is 1. The lowest BCUT2D eigenvalue weighted by atomic mass is 9.64. The molecule has 1 amide bonds. The second-order valence-electron chi connectivity index (χ2n) is 6.46. The summed E-state index contributed by atoms with van der Waals surface area (Å²) in [6.45, 7) is 4.28. The van der Waals surface area contributed by atoms with Gasteiger partial charge in [-0.05, 0) is 42.9 Å². The smallest absolute Gasteiger partial charge is 0.307 e. The Bertz CT molecular complexity index is 533. The van der Waals surface area contributed by atoms with Gasteiger partial charge in [0.15, 0.2) is 0 Å². The first-order chi connectivity index (χ1) is 9.91. The topological polar surface area (TPSA) is 66.4 Å². The lowest BCUT2D eigenvalue weighted by Gasteiger charge is -2.41. The number of carbonyl (C=O) groups is 2. The number of amides is 1. The van der Waals surface area contributed by atoms with E-state index in [2.05, 4.69) is 19.2 Å². The number of hydrogen-bond acceptors (Lipinski definition) is 2. The Hall–Kier alpha value is -1.84. The van der Waals surface area contributed by atoms with Crippen LogP contribution in [0.2, 0.25) is 0 Å². The minimum Gasteiger partial charge on any atom is -0.481 e. The fourth-order valence-corrected chi connectivity index (χ4v) is 3.11. The number of carbonyl (C=O) groups excluding carboxylic acids is 1. The molecule has 1 saturated carbocycles. The molecule has 4 heteroatoms. The maximum atomic E-state index is 12.6. The maximum absolute atomic E-state index is 12.6. The van der Waals surface area contributed by atoms with Gasteiger partial charge in [-0.25, -0.2) is 0 Å². The molecule has 0 radical (unpaired) electrons. The standard InChI is InChI=1S/C17H23NO3/c1-12(2)11-17(7-4-8-17)16(21)18-14-6-3-5-13(9-14)10-15(19)20/h3,5-6,9,12H,4,7-8,10-11H2,1-2H3,(H,18,21)(H,19,20). The highest BCUT2D eigenvalue weighted by atomic mass is 16.4. The van der Waals surface area contributed by atoms with Gasteiger partial charge in [-0.15, -0.1) is 0 Å². The van der Waals surface area contributed by atoms with Crippen molar-refractivity contribution in [3.8, 4) is 0 Å². The molecule has 0 atom stereocenters. The molecule has 0 saturated heterocycles. The molecule has 0 heterocycles. The van der Waals surface area contributed by atoms with E-state index in [-0.39, 0.29) is 17.7 Å². The van der Waals surface area contributed by atoms with Gasteiger partial charge in [0.05, 0.1) is 6.42 Å². The van der Waals surface area contributed by atoms with Crippen molar-refractivity contribution in [2.75, 3.05) is 5.32 Å². The molecule has 0 bridgehead atoms. The van der Waals surface area contributed by atoms with E-state index in [9.17, 15) is 9.59 Å². The summed E-state index contributed by atoms with van der Waals surface area (Å²) in [6.07, 6.45) is 3.89. The van der Waals surface area contributed by atoms with Gasteiger partial charge in [0.1, 0.15) is 0 Å². The van der Waals surface area contributed by atoms with E-state index in [0.717, 1.165) is 25.7 Å². The molecule has 0 aromatic heterocycles. The minimum absolute atomic E-state index is 0.0269. The number of carboxylic acid groups (broad SMARTS) is 1. The SMILES string of the molecule is CC(C)CC1(C(=O)Nc2cccc(CC(=O)O)c2)CCC1. The van der Waals surface area contributed by atoms with Crippen LogP contribution in [0.4, 0.5) is 5.69 Å². The monoisotopic (exact) mass is 289 g/mol. The molecular weight excluding hydrogens is 266 g/mol. The normalized spacial score (nSPS) is 16.3. The van der Waals surface area contributed by atoms with E-state index < -0.39 is 5.97 Å². The summed E-state index contributed by atoms with van der Waals surface area (Å²) in [5.41, 5.74) is 1.16. The average molecular weight is 289 g/mol. The molecular formula is C17H23NO3. The molecule has 1 aliphatic rings. The van der Waals surface area contributed by atoms with Gasteiger partial charge in [0, 0.05) is 11.1 Å². The van der Waals surface area contributed by atoms with Crippen LogP contribution in [0, 0.1) is 11.3 Å². The van der Waals surface area contributed by atoms with Crippen molar-refractivity contribution in [3.63, 3.8) is 0 Å². The van der Waals surface area contributed by atoms with Crippen molar-refractivity contribution in [3.05, 3.63) is 29.8 Å². The van der Waals surface area contributed by atoms with Crippen molar-refractivity contribution in [1.29, 1.82) is 0 Å². The quantitative estimate of drug-likeness (QED) is 0.842. The fraction of sp³-hybridized carbons (Fsp3) is 0.529. The third-order valence-electron chi connectivity index (χ3n) is 4.13. The molecule has 21 heavy (non-hydrogen) atoms. The van der Waals surface area contributed by atoms with Gasteiger partial charge >= 0.3 is 5.97 Å². The van der Waals surface area contributed by atoms with Gasteiger partial charge in [0.25, 0.3) is 0 Å². The summed E-state index contributed by atoms with van der Waals surface area (Å²) in [6, 6.07) is 7.10. The van der Waals surface area contributed by atoms with E-state index in [1.807, 2.05) is 6.07 Å². The van der Waals surface area contributed by atoms with Crippen LogP contribution in [-0.2, 0) is 16.0 Å². The van der Waals surface area contributed by atoms with Crippen LogP contribution in [0.1, 0.15) is 45.1 Å². The number of rotatable bonds is 6. The first-order valence-corrected chi connectivity index (χ1v) is 7.53. The van der Waals surface area contributed by atoms with Crippen LogP contribution < -0.4 is 5.32 Å².